The number of imide groups is 1. The summed E-state index contributed by atoms with van der Waals surface area (Å²) in [6, 6.07) is 7.16. The maximum absolute atomic E-state index is 12.8. The Morgan fingerprint density at radius 3 is 2.70 bits per heavy atom. The van der Waals surface area contributed by atoms with E-state index in [0.717, 1.165) is 35.5 Å². The smallest absolute Gasteiger partial charge is 0.325 e. The van der Waals surface area contributed by atoms with E-state index in [1.807, 2.05) is 31.2 Å². The molecule has 1 aliphatic carbocycles. The molecule has 27 heavy (non-hydrogen) atoms. The molecule has 4 amide bonds. The SMILES string of the molecule is COc1ccc(CCNC(=O)CN2C(=O)N[C@]3(CCCC[C@H]3C)C2=O)cc1. The Balaban J connectivity index is 1.51. The molecule has 3 rings (SSSR count). The topological polar surface area (TPSA) is 87.7 Å². The average molecular weight is 373 g/mol. The van der Waals surface area contributed by atoms with Crippen molar-refractivity contribution in [2.24, 2.45) is 5.92 Å². The molecule has 146 valence electrons. The van der Waals surface area contributed by atoms with Gasteiger partial charge in [-0.2, -0.15) is 0 Å². The number of carbonyl (C=O) groups is 3. The van der Waals surface area contributed by atoms with Crippen molar-refractivity contribution in [3.05, 3.63) is 29.8 Å². The Labute approximate surface area is 159 Å². The Kier molecular flexibility index (Phi) is 5.68. The van der Waals surface area contributed by atoms with Gasteiger partial charge in [0, 0.05) is 6.54 Å². The van der Waals surface area contributed by atoms with E-state index in [4.69, 9.17) is 4.74 Å². The van der Waals surface area contributed by atoms with Crippen LogP contribution in [0.15, 0.2) is 24.3 Å². The Morgan fingerprint density at radius 2 is 2.04 bits per heavy atom. The minimum atomic E-state index is -0.821. The molecule has 0 radical (unpaired) electrons. The first-order chi connectivity index (χ1) is 13.0. The minimum absolute atomic E-state index is 0.0887. The van der Waals surface area contributed by atoms with Crippen molar-refractivity contribution in [3.8, 4) is 5.75 Å². The van der Waals surface area contributed by atoms with Crippen molar-refractivity contribution in [3.63, 3.8) is 0 Å². The summed E-state index contributed by atoms with van der Waals surface area (Å²) in [6.07, 6.45) is 4.20. The van der Waals surface area contributed by atoms with Gasteiger partial charge in [0.1, 0.15) is 17.8 Å². The van der Waals surface area contributed by atoms with E-state index >= 15 is 0 Å². The van der Waals surface area contributed by atoms with E-state index in [2.05, 4.69) is 10.6 Å². The van der Waals surface area contributed by atoms with Gasteiger partial charge in [-0.25, -0.2) is 4.79 Å². The Bertz CT molecular complexity index is 718. The molecule has 1 aromatic carbocycles. The normalized spacial score (nSPS) is 24.8. The summed E-state index contributed by atoms with van der Waals surface area (Å²) in [5, 5.41) is 5.65. The number of nitrogens with one attached hydrogen (secondary N) is 2. The van der Waals surface area contributed by atoms with Gasteiger partial charge in [0.15, 0.2) is 0 Å². The zero-order valence-corrected chi connectivity index (χ0v) is 15.9. The number of methoxy groups -OCH3 is 1. The highest BCUT2D eigenvalue weighted by Crippen LogP contribution is 2.38. The van der Waals surface area contributed by atoms with Crippen LogP contribution >= 0.6 is 0 Å². The molecule has 1 saturated heterocycles. The van der Waals surface area contributed by atoms with E-state index < -0.39 is 11.6 Å². The van der Waals surface area contributed by atoms with Crippen LogP contribution in [0.5, 0.6) is 5.75 Å². The van der Waals surface area contributed by atoms with Gasteiger partial charge >= 0.3 is 6.03 Å². The van der Waals surface area contributed by atoms with Gasteiger partial charge in [0.05, 0.1) is 7.11 Å². The first kappa shape index (κ1) is 19.2. The third kappa shape index (κ3) is 3.91. The molecule has 2 aliphatic rings. The maximum atomic E-state index is 12.8. The summed E-state index contributed by atoms with van der Waals surface area (Å²) in [4.78, 5) is 38.4. The number of hydrogen-bond acceptors (Lipinski definition) is 4. The van der Waals surface area contributed by atoms with Crippen LogP contribution < -0.4 is 15.4 Å². The summed E-state index contributed by atoms with van der Waals surface area (Å²) in [5.41, 5.74) is 0.250. The van der Waals surface area contributed by atoms with E-state index in [9.17, 15) is 14.4 Å². The highest BCUT2D eigenvalue weighted by Gasteiger charge is 2.55. The van der Waals surface area contributed by atoms with Crippen molar-refractivity contribution in [2.45, 2.75) is 44.6 Å². The fourth-order valence-corrected chi connectivity index (χ4v) is 3.98. The van der Waals surface area contributed by atoms with Gasteiger partial charge in [-0.1, -0.05) is 31.9 Å². The van der Waals surface area contributed by atoms with Gasteiger partial charge in [-0.05, 0) is 42.9 Å². The van der Waals surface area contributed by atoms with Gasteiger partial charge < -0.3 is 15.4 Å². The van der Waals surface area contributed by atoms with Gasteiger partial charge in [-0.15, -0.1) is 0 Å². The molecule has 0 bridgehead atoms. The van der Waals surface area contributed by atoms with E-state index in [1.54, 1.807) is 7.11 Å². The zero-order chi connectivity index (χ0) is 19.4. The molecule has 1 aromatic rings. The highest BCUT2D eigenvalue weighted by molar-refractivity contribution is 6.09. The molecule has 1 saturated carbocycles. The quantitative estimate of drug-likeness (QED) is 0.745. The van der Waals surface area contributed by atoms with Gasteiger partial charge in [0.2, 0.25) is 5.91 Å². The van der Waals surface area contributed by atoms with Crippen molar-refractivity contribution >= 4 is 17.8 Å². The number of rotatable bonds is 6. The standard InChI is InChI=1S/C20H27N3O4/c1-14-5-3-4-11-20(14)18(25)23(19(26)22-20)13-17(24)21-12-10-15-6-8-16(27-2)9-7-15/h6-9,14H,3-5,10-13H2,1-2H3,(H,21,24)(H,22,26)/t14-,20+/m1/s1. The number of nitrogens with zero attached hydrogens (tertiary/aromatic N) is 1. The van der Waals surface area contributed by atoms with Crippen molar-refractivity contribution < 1.29 is 19.1 Å². The Hall–Kier alpha value is -2.57. The second-order valence-corrected chi connectivity index (χ2v) is 7.39. The number of benzene rings is 1. The van der Waals surface area contributed by atoms with Crippen molar-refractivity contribution in [1.29, 1.82) is 0 Å². The molecule has 0 unspecified atom stereocenters. The predicted molar refractivity (Wildman–Crippen MR) is 100 cm³/mol. The fraction of sp³-hybridized carbons (Fsp3) is 0.550. The highest BCUT2D eigenvalue weighted by atomic mass is 16.5. The van der Waals surface area contributed by atoms with Crippen LogP contribution in [0.4, 0.5) is 4.79 Å². The summed E-state index contributed by atoms with van der Waals surface area (Å²) in [6.45, 7) is 2.20. The second kappa shape index (κ2) is 7.98. The summed E-state index contributed by atoms with van der Waals surface area (Å²) in [5.74, 6) is 0.288. The molecule has 2 N–H and O–H groups in total. The van der Waals surface area contributed by atoms with Crippen LogP contribution in [0.2, 0.25) is 0 Å². The first-order valence-corrected chi connectivity index (χ1v) is 9.50. The van der Waals surface area contributed by atoms with Crippen LogP contribution in [0.25, 0.3) is 0 Å². The first-order valence-electron chi connectivity index (χ1n) is 9.50. The number of amides is 4. The molecule has 1 aliphatic heterocycles. The van der Waals surface area contributed by atoms with E-state index in [1.165, 1.54) is 0 Å². The van der Waals surface area contributed by atoms with Crippen molar-refractivity contribution in [1.82, 2.24) is 15.5 Å². The number of carbonyl (C=O) groups excluding carboxylic acids is 3. The second-order valence-electron chi connectivity index (χ2n) is 7.39. The zero-order valence-electron chi connectivity index (χ0n) is 15.9. The van der Waals surface area contributed by atoms with E-state index in [-0.39, 0.29) is 24.3 Å². The molecule has 7 nitrogen and oxygen atoms in total. The van der Waals surface area contributed by atoms with Gasteiger partial charge in [0.25, 0.3) is 5.91 Å². The average Bonchev–Trinajstić information content (AvgIpc) is 2.90. The minimum Gasteiger partial charge on any atom is -0.497 e. The number of hydrogen-bond donors (Lipinski definition) is 2. The fourth-order valence-electron chi connectivity index (χ4n) is 3.98. The van der Waals surface area contributed by atoms with Gasteiger partial charge in [-0.3, -0.25) is 14.5 Å². The third-order valence-electron chi connectivity index (χ3n) is 5.70. The van der Waals surface area contributed by atoms with Crippen LogP contribution in [0.3, 0.4) is 0 Å². The van der Waals surface area contributed by atoms with Crippen LogP contribution in [0, 0.1) is 5.92 Å². The van der Waals surface area contributed by atoms with Crippen molar-refractivity contribution in [2.75, 3.05) is 20.2 Å². The summed E-state index contributed by atoms with van der Waals surface area (Å²) >= 11 is 0. The maximum Gasteiger partial charge on any atom is 0.325 e. The Morgan fingerprint density at radius 1 is 1.30 bits per heavy atom. The lowest BCUT2D eigenvalue weighted by atomic mass is 9.73. The summed E-state index contributed by atoms with van der Waals surface area (Å²) < 4.78 is 5.12. The number of ether oxygens (including phenoxy) is 1. The van der Waals surface area contributed by atoms with Crippen LogP contribution in [-0.2, 0) is 16.0 Å². The molecular weight excluding hydrogens is 346 g/mol. The molecule has 2 atom stereocenters. The lowest BCUT2D eigenvalue weighted by Crippen LogP contribution is -2.54. The lowest BCUT2D eigenvalue weighted by Gasteiger charge is -2.36. The molecule has 2 fully saturated rings. The largest absolute Gasteiger partial charge is 0.497 e. The van der Waals surface area contributed by atoms with Crippen LogP contribution in [-0.4, -0.2) is 48.5 Å². The molecule has 7 heteroatoms. The monoisotopic (exact) mass is 373 g/mol. The predicted octanol–water partition coefficient (Wildman–Crippen LogP) is 1.85. The lowest BCUT2D eigenvalue weighted by molar-refractivity contribution is -0.137. The number of urea groups is 1. The summed E-state index contributed by atoms with van der Waals surface area (Å²) in [7, 11) is 1.61. The third-order valence-corrected chi connectivity index (χ3v) is 5.70. The van der Waals surface area contributed by atoms with E-state index in [0.29, 0.717) is 19.4 Å². The molecule has 1 spiro atoms. The molecule has 1 heterocycles. The van der Waals surface area contributed by atoms with Crippen LogP contribution in [0.1, 0.15) is 38.2 Å². The molecular formula is C20H27N3O4. The molecule has 0 aromatic heterocycles.